The van der Waals surface area contributed by atoms with Gasteiger partial charge in [-0.1, -0.05) is 0 Å². The molecule has 0 radical (unpaired) electrons. The third kappa shape index (κ3) is 3.22. The molecule has 0 spiro atoms. The Hall–Kier alpha value is -1.56. The third-order valence-corrected chi connectivity index (χ3v) is 2.95. The smallest absolute Gasteiger partial charge is 0.223 e. The second-order valence-electron chi connectivity index (χ2n) is 4.42. The number of hydrogen-bond acceptors (Lipinski definition) is 6. The number of aromatic nitrogens is 2. The number of nitrogens with two attached hydrogens (primary N) is 1. The van der Waals surface area contributed by atoms with Crippen LogP contribution in [0.3, 0.4) is 0 Å². The molecule has 1 fully saturated rings. The molecule has 1 saturated carbocycles. The lowest BCUT2D eigenvalue weighted by Crippen LogP contribution is -2.41. The summed E-state index contributed by atoms with van der Waals surface area (Å²) in [6.45, 7) is 5.63. The van der Waals surface area contributed by atoms with Gasteiger partial charge in [-0.15, -0.1) is 0 Å². The van der Waals surface area contributed by atoms with Gasteiger partial charge in [-0.05, 0) is 26.7 Å². The molecule has 1 aromatic heterocycles. The van der Waals surface area contributed by atoms with Gasteiger partial charge in [0, 0.05) is 25.3 Å². The molecule has 0 aliphatic heterocycles. The third-order valence-electron chi connectivity index (χ3n) is 2.95. The minimum atomic E-state index is 0.289. The van der Waals surface area contributed by atoms with E-state index >= 15 is 0 Å². The molecule has 18 heavy (non-hydrogen) atoms. The van der Waals surface area contributed by atoms with Crippen molar-refractivity contribution < 1.29 is 4.74 Å². The van der Waals surface area contributed by atoms with Crippen LogP contribution in [-0.2, 0) is 4.74 Å². The predicted molar refractivity (Wildman–Crippen MR) is 72.7 cm³/mol. The lowest BCUT2D eigenvalue weighted by molar-refractivity contribution is 0.00293. The molecule has 1 aromatic rings. The van der Waals surface area contributed by atoms with Gasteiger partial charge in [0.15, 0.2) is 0 Å². The summed E-state index contributed by atoms with van der Waals surface area (Å²) in [5.41, 5.74) is 5.67. The van der Waals surface area contributed by atoms with E-state index in [1.165, 1.54) is 0 Å². The van der Waals surface area contributed by atoms with Crippen molar-refractivity contribution in [2.75, 3.05) is 29.5 Å². The van der Waals surface area contributed by atoms with E-state index in [0.717, 1.165) is 37.6 Å². The van der Waals surface area contributed by atoms with Crippen molar-refractivity contribution in [1.29, 1.82) is 0 Å². The molecule has 2 rings (SSSR count). The highest BCUT2D eigenvalue weighted by atomic mass is 16.5. The number of anilines is 3. The van der Waals surface area contributed by atoms with Crippen molar-refractivity contribution >= 4 is 17.6 Å². The molecule has 0 saturated heterocycles. The molecule has 4 N–H and O–H groups in total. The minimum absolute atomic E-state index is 0.289. The van der Waals surface area contributed by atoms with E-state index in [4.69, 9.17) is 10.5 Å². The Balaban J connectivity index is 1.90. The summed E-state index contributed by atoms with van der Waals surface area (Å²) in [5.74, 6) is 1.82. The Morgan fingerprint density at radius 1 is 1.33 bits per heavy atom. The summed E-state index contributed by atoms with van der Waals surface area (Å²) in [4.78, 5) is 8.29. The highest BCUT2D eigenvalue weighted by Gasteiger charge is 2.29. The number of hydrogen-bond donors (Lipinski definition) is 3. The molecule has 6 nitrogen and oxygen atoms in total. The van der Waals surface area contributed by atoms with E-state index in [-0.39, 0.29) is 5.95 Å². The average Bonchev–Trinajstić information content (AvgIpc) is 2.26. The van der Waals surface area contributed by atoms with Crippen LogP contribution >= 0.6 is 0 Å². The monoisotopic (exact) mass is 251 g/mol. The normalized spacial score (nSPS) is 22.3. The van der Waals surface area contributed by atoms with Gasteiger partial charge >= 0.3 is 0 Å². The maximum atomic E-state index is 5.67. The summed E-state index contributed by atoms with van der Waals surface area (Å²) >= 11 is 0. The fourth-order valence-electron chi connectivity index (χ4n) is 2.08. The number of rotatable bonds is 6. The molecule has 1 heterocycles. The number of nitrogens with zero attached hydrogens (tertiary/aromatic N) is 2. The van der Waals surface area contributed by atoms with Crippen molar-refractivity contribution in [2.45, 2.75) is 38.8 Å². The van der Waals surface area contributed by atoms with E-state index in [1.807, 2.05) is 19.9 Å². The van der Waals surface area contributed by atoms with Gasteiger partial charge in [0.25, 0.3) is 0 Å². The standard InChI is InChI=1S/C12H21N5O/c1-3-14-10-7-11(17-12(13)16-10)15-8-5-9(6-8)18-4-2/h7-9H,3-6H2,1-2H3,(H4,13,14,15,16,17). The molecule has 0 aromatic carbocycles. The van der Waals surface area contributed by atoms with Crippen LogP contribution in [-0.4, -0.2) is 35.3 Å². The second-order valence-corrected chi connectivity index (χ2v) is 4.42. The van der Waals surface area contributed by atoms with E-state index in [9.17, 15) is 0 Å². The van der Waals surface area contributed by atoms with Crippen LogP contribution in [0, 0.1) is 0 Å². The zero-order valence-corrected chi connectivity index (χ0v) is 10.9. The molecule has 0 unspecified atom stereocenters. The van der Waals surface area contributed by atoms with Crippen molar-refractivity contribution in [2.24, 2.45) is 0 Å². The second kappa shape index (κ2) is 5.86. The molecular formula is C12H21N5O. The molecule has 0 bridgehead atoms. The summed E-state index contributed by atoms with van der Waals surface area (Å²) in [5, 5.41) is 6.49. The van der Waals surface area contributed by atoms with Crippen molar-refractivity contribution in [3.63, 3.8) is 0 Å². The SMILES string of the molecule is CCNc1cc(NC2CC(OCC)C2)nc(N)n1. The number of nitrogens with one attached hydrogen (secondary N) is 2. The highest BCUT2D eigenvalue weighted by molar-refractivity contribution is 5.51. The van der Waals surface area contributed by atoms with E-state index in [1.54, 1.807) is 0 Å². The highest BCUT2D eigenvalue weighted by Crippen LogP contribution is 2.26. The Bertz CT molecular complexity index is 392. The van der Waals surface area contributed by atoms with E-state index in [0.29, 0.717) is 12.1 Å². The Labute approximate surface area is 107 Å². The lowest BCUT2D eigenvalue weighted by Gasteiger charge is -2.35. The molecule has 0 amide bonds. The summed E-state index contributed by atoms with van der Waals surface area (Å²) in [7, 11) is 0. The first-order valence-corrected chi connectivity index (χ1v) is 6.47. The van der Waals surface area contributed by atoms with Crippen molar-refractivity contribution in [1.82, 2.24) is 9.97 Å². The fraction of sp³-hybridized carbons (Fsp3) is 0.667. The Morgan fingerprint density at radius 2 is 2.06 bits per heavy atom. The van der Waals surface area contributed by atoms with Crippen molar-refractivity contribution in [3.05, 3.63) is 6.07 Å². The van der Waals surface area contributed by atoms with Crippen LogP contribution in [0.15, 0.2) is 6.07 Å². The van der Waals surface area contributed by atoms with Crippen molar-refractivity contribution in [3.8, 4) is 0 Å². The first-order chi connectivity index (χ1) is 8.71. The van der Waals surface area contributed by atoms with Gasteiger partial charge < -0.3 is 21.1 Å². The van der Waals surface area contributed by atoms with Crippen LogP contribution in [0.4, 0.5) is 17.6 Å². The van der Waals surface area contributed by atoms with E-state index in [2.05, 4.69) is 20.6 Å². The van der Waals surface area contributed by atoms with E-state index < -0.39 is 0 Å². The molecule has 0 atom stereocenters. The number of nitrogen functional groups attached to an aromatic ring is 1. The topological polar surface area (TPSA) is 85.1 Å². The lowest BCUT2D eigenvalue weighted by atomic mass is 9.89. The van der Waals surface area contributed by atoms with Crippen LogP contribution < -0.4 is 16.4 Å². The summed E-state index contributed by atoms with van der Waals surface area (Å²) in [6.07, 6.45) is 2.43. The van der Waals surface area contributed by atoms with Crippen LogP contribution in [0.25, 0.3) is 0 Å². The summed E-state index contributed by atoms with van der Waals surface area (Å²) < 4.78 is 5.52. The van der Waals surface area contributed by atoms with Gasteiger partial charge in [-0.3, -0.25) is 0 Å². The maximum absolute atomic E-state index is 5.67. The quantitative estimate of drug-likeness (QED) is 0.710. The number of ether oxygens (including phenoxy) is 1. The minimum Gasteiger partial charge on any atom is -0.378 e. The molecule has 1 aliphatic carbocycles. The fourth-order valence-corrected chi connectivity index (χ4v) is 2.08. The molecular weight excluding hydrogens is 230 g/mol. The van der Waals surface area contributed by atoms with Gasteiger partial charge in [0.2, 0.25) is 5.95 Å². The zero-order chi connectivity index (χ0) is 13.0. The van der Waals surface area contributed by atoms with Gasteiger partial charge in [0.1, 0.15) is 11.6 Å². The van der Waals surface area contributed by atoms with Crippen LogP contribution in [0.1, 0.15) is 26.7 Å². The maximum Gasteiger partial charge on any atom is 0.223 e. The summed E-state index contributed by atoms with van der Waals surface area (Å²) in [6, 6.07) is 2.30. The Kier molecular flexibility index (Phi) is 4.19. The Morgan fingerprint density at radius 3 is 2.72 bits per heavy atom. The zero-order valence-electron chi connectivity index (χ0n) is 10.9. The average molecular weight is 251 g/mol. The predicted octanol–water partition coefficient (Wildman–Crippen LogP) is 1.47. The van der Waals surface area contributed by atoms with Crippen LogP contribution in [0.2, 0.25) is 0 Å². The molecule has 1 aliphatic rings. The molecule has 100 valence electrons. The van der Waals surface area contributed by atoms with Gasteiger partial charge in [0.05, 0.1) is 6.10 Å². The largest absolute Gasteiger partial charge is 0.378 e. The van der Waals surface area contributed by atoms with Gasteiger partial charge in [-0.25, -0.2) is 0 Å². The van der Waals surface area contributed by atoms with Gasteiger partial charge in [-0.2, -0.15) is 9.97 Å². The van der Waals surface area contributed by atoms with Crippen LogP contribution in [0.5, 0.6) is 0 Å². The molecule has 6 heteroatoms. The first-order valence-electron chi connectivity index (χ1n) is 6.47. The first kappa shape index (κ1) is 12.9.